The Labute approximate surface area is 68.5 Å². The van der Waals surface area contributed by atoms with Crippen LogP contribution in [0.2, 0.25) is 0 Å². The fraction of sp³-hybridized carbons (Fsp3) is 1.00. The zero-order valence-electron chi connectivity index (χ0n) is 7.61. The molecular weight excluding hydrogens is 140 g/mol. The molecule has 1 aliphatic heterocycles. The van der Waals surface area contributed by atoms with Crippen molar-refractivity contribution in [3.05, 3.63) is 0 Å². The maximum Gasteiger partial charge on any atom is 0.0813 e. The normalized spacial score (nSPS) is 25.9. The summed E-state index contributed by atoms with van der Waals surface area (Å²) in [5.41, 5.74) is 2.98. The molecule has 1 fully saturated rings. The maximum absolute atomic E-state index is 5.42. The summed E-state index contributed by atoms with van der Waals surface area (Å²) in [6.45, 7) is 8.26. The summed E-state index contributed by atoms with van der Waals surface area (Å²) in [5.74, 6) is 0. The van der Waals surface area contributed by atoms with Gasteiger partial charge in [0.25, 0.3) is 0 Å². The van der Waals surface area contributed by atoms with Crippen LogP contribution < -0.4 is 10.8 Å². The summed E-state index contributed by atoms with van der Waals surface area (Å²) < 4.78 is 0. The lowest BCUT2D eigenvalue weighted by Crippen LogP contribution is -2.37. The fourth-order valence-electron chi connectivity index (χ4n) is 1.02. The first kappa shape index (κ1) is 8.97. The average molecular weight is 158 g/mol. The van der Waals surface area contributed by atoms with Gasteiger partial charge in [-0.3, -0.25) is 4.84 Å². The first-order valence-corrected chi connectivity index (χ1v) is 4.22. The molecule has 1 aliphatic rings. The molecule has 11 heavy (non-hydrogen) atoms. The molecular formula is C8H18N2O. The molecule has 0 unspecified atom stereocenters. The first-order chi connectivity index (χ1) is 5.08. The lowest BCUT2D eigenvalue weighted by Gasteiger charge is -2.22. The molecule has 2 N–H and O–H groups in total. The number of hydroxylamine groups is 1. The van der Waals surface area contributed by atoms with Crippen molar-refractivity contribution in [3.63, 3.8) is 0 Å². The van der Waals surface area contributed by atoms with Crippen LogP contribution in [0.4, 0.5) is 0 Å². The highest BCUT2D eigenvalue weighted by Crippen LogP contribution is 2.06. The van der Waals surface area contributed by atoms with Crippen molar-refractivity contribution < 1.29 is 4.84 Å². The summed E-state index contributed by atoms with van der Waals surface area (Å²) in [6.07, 6.45) is 1.16. The standard InChI is InChI=1S/C8H18N2O/c1-8(2,3)11-10-7-4-5-9-6-7/h7,9-10H,4-6H2,1-3H3/t7-/m0/s1. The molecule has 0 radical (unpaired) electrons. The van der Waals surface area contributed by atoms with E-state index in [4.69, 9.17) is 4.84 Å². The van der Waals surface area contributed by atoms with Gasteiger partial charge in [0.2, 0.25) is 0 Å². The Hall–Kier alpha value is -0.120. The van der Waals surface area contributed by atoms with Crippen LogP contribution in [0.5, 0.6) is 0 Å². The zero-order chi connectivity index (χ0) is 8.32. The molecule has 0 aromatic carbocycles. The molecule has 0 aliphatic carbocycles. The second-order valence-corrected chi connectivity index (χ2v) is 4.02. The highest BCUT2D eigenvalue weighted by atomic mass is 16.7. The van der Waals surface area contributed by atoms with Gasteiger partial charge in [0.05, 0.1) is 5.60 Å². The SMILES string of the molecule is CC(C)(C)ON[C@H]1CCNC1. The Morgan fingerprint density at radius 1 is 1.45 bits per heavy atom. The molecule has 3 heteroatoms. The van der Waals surface area contributed by atoms with Crippen LogP contribution >= 0.6 is 0 Å². The van der Waals surface area contributed by atoms with E-state index < -0.39 is 0 Å². The largest absolute Gasteiger partial charge is 0.315 e. The molecule has 1 heterocycles. The Balaban J connectivity index is 2.11. The summed E-state index contributed by atoms with van der Waals surface area (Å²) in [6, 6.07) is 0.495. The predicted octanol–water partition coefficient (Wildman–Crippen LogP) is 0.668. The Morgan fingerprint density at radius 2 is 2.18 bits per heavy atom. The zero-order valence-corrected chi connectivity index (χ0v) is 7.61. The van der Waals surface area contributed by atoms with Crippen LogP contribution in [-0.2, 0) is 4.84 Å². The van der Waals surface area contributed by atoms with Gasteiger partial charge in [-0.25, -0.2) is 0 Å². The van der Waals surface area contributed by atoms with Crippen LogP contribution in [0.25, 0.3) is 0 Å². The van der Waals surface area contributed by atoms with Crippen LogP contribution in [-0.4, -0.2) is 24.7 Å². The topological polar surface area (TPSA) is 33.3 Å². The highest BCUT2D eigenvalue weighted by Gasteiger charge is 2.17. The average Bonchev–Trinajstić information content (AvgIpc) is 2.32. The minimum Gasteiger partial charge on any atom is -0.315 e. The van der Waals surface area contributed by atoms with Crippen molar-refractivity contribution in [2.24, 2.45) is 0 Å². The van der Waals surface area contributed by atoms with E-state index in [-0.39, 0.29) is 5.60 Å². The predicted molar refractivity (Wildman–Crippen MR) is 45.2 cm³/mol. The summed E-state index contributed by atoms with van der Waals surface area (Å²) >= 11 is 0. The monoisotopic (exact) mass is 158 g/mol. The number of hydrogen-bond acceptors (Lipinski definition) is 3. The molecule has 1 saturated heterocycles. The smallest absolute Gasteiger partial charge is 0.0813 e. The van der Waals surface area contributed by atoms with Crippen molar-refractivity contribution in [1.29, 1.82) is 0 Å². The van der Waals surface area contributed by atoms with E-state index in [2.05, 4.69) is 10.8 Å². The molecule has 66 valence electrons. The maximum atomic E-state index is 5.42. The van der Waals surface area contributed by atoms with Crippen LogP contribution in [0.3, 0.4) is 0 Å². The van der Waals surface area contributed by atoms with Crippen molar-refractivity contribution in [1.82, 2.24) is 10.8 Å². The van der Waals surface area contributed by atoms with E-state index in [9.17, 15) is 0 Å². The lowest BCUT2D eigenvalue weighted by molar-refractivity contribution is -0.0855. The van der Waals surface area contributed by atoms with Gasteiger partial charge in [0, 0.05) is 12.6 Å². The van der Waals surface area contributed by atoms with Crippen molar-refractivity contribution in [3.8, 4) is 0 Å². The lowest BCUT2D eigenvalue weighted by atomic mass is 10.2. The second kappa shape index (κ2) is 3.52. The van der Waals surface area contributed by atoms with E-state index in [0.717, 1.165) is 19.5 Å². The second-order valence-electron chi connectivity index (χ2n) is 4.02. The number of nitrogens with one attached hydrogen (secondary N) is 2. The van der Waals surface area contributed by atoms with Crippen LogP contribution in [0.15, 0.2) is 0 Å². The van der Waals surface area contributed by atoms with Gasteiger partial charge in [-0.05, 0) is 33.7 Å². The van der Waals surface area contributed by atoms with E-state index >= 15 is 0 Å². The van der Waals surface area contributed by atoms with Gasteiger partial charge in [0.1, 0.15) is 0 Å². The van der Waals surface area contributed by atoms with E-state index in [1.807, 2.05) is 20.8 Å². The summed E-state index contributed by atoms with van der Waals surface area (Å²) in [7, 11) is 0. The van der Waals surface area contributed by atoms with Gasteiger partial charge < -0.3 is 5.32 Å². The Kier molecular flexibility index (Phi) is 2.87. The van der Waals surface area contributed by atoms with Gasteiger partial charge in [-0.2, -0.15) is 5.48 Å². The van der Waals surface area contributed by atoms with Gasteiger partial charge >= 0.3 is 0 Å². The molecule has 3 nitrogen and oxygen atoms in total. The van der Waals surface area contributed by atoms with Crippen molar-refractivity contribution >= 4 is 0 Å². The third kappa shape index (κ3) is 3.70. The Bertz CT molecular complexity index is 114. The third-order valence-electron chi connectivity index (χ3n) is 1.59. The van der Waals surface area contributed by atoms with Crippen molar-refractivity contribution in [2.45, 2.75) is 38.8 Å². The quantitative estimate of drug-likeness (QED) is 0.579. The van der Waals surface area contributed by atoms with Gasteiger partial charge in [-0.15, -0.1) is 0 Å². The highest BCUT2D eigenvalue weighted by molar-refractivity contribution is 4.74. The molecule has 0 spiro atoms. The molecule has 0 saturated carbocycles. The van der Waals surface area contributed by atoms with E-state index in [1.54, 1.807) is 0 Å². The van der Waals surface area contributed by atoms with Crippen molar-refractivity contribution in [2.75, 3.05) is 13.1 Å². The van der Waals surface area contributed by atoms with E-state index in [0.29, 0.717) is 6.04 Å². The van der Waals surface area contributed by atoms with Gasteiger partial charge in [0.15, 0.2) is 0 Å². The summed E-state index contributed by atoms with van der Waals surface area (Å²) in [5, 5.41) is 3.27. The molecule has 0 aromatic heterocycles. The van der Waals surface area contributed by atoms with E-state index in [1.165, 1.54) is 0 Å². The molecule has 1 atom stereocenters. The third-order valence-corrected chi connectivity index (χ3v) is 1.59. The van der Waals surface area contributed by atoms with Crippen LogP contribution in [0, 0.1) is 0 Å². The minimum atomic E-state index is -0.0808. The fourth-order valence-corrected chi connectivity index (χ4v) is 1.02. The molecule has 0 aromatic rings. The number of rotatable bonds is 2. The molecule has 1 rings (SSSR count). The van der Waals surface area contributed by atoms with Crippen LogP contribution in [0.1, 0.15) is 27.2 Å². The molecule has 0 bridgehead atoms. The summed E-state index contributed by atoms with van der Waals surface area (Å²) in [4.78, 5) is 5.42. The Morgan fingerprint density at radius 3 is 2.64 bits per heavy atom. The molecule has 0 amide bonds. The first-order valence-electron chi connectivity index (χ1n) is 4.22. The van der Waals surface area contributed by atoms with Gasteiger partial charge in [-0.1, -0.05) is 0 Å². The number of hydrogen-bond donors (Lipinski definition) is 2. The minimum absolute atomic E-state index is 0.0808.